The number of benzene rings is 1. The minimum Gasteiger partial charge on any atom is -0.493 e. The van der Waals surface area contributed by atoms with Gasteiger partial charge < -0.3 is 24.4 Å². The second kappa shape index (κ2) is 8.61. The topological polar surface area (TPSA) is 94.2 Å². The zero-order valence-electron chi connectivity index (χ0n) is 14.2. The summed E-state index contributed by atoms with van der Waals surface area (Å²) in [5.74, 6) is 0.304. The third kappa shape index (κ3) is 4.56. The molecule has 2 rings (SSSR count). The van der Waals surface area contributed by atoms with Crippen molar-refractivity contribution in [1.82, 2.24) is 10.2 Å². The fraction of sp³-hybridized carbons (Fsp3) is 0.438. The standard InChI is InChI=1S/C16H20N2O6S/c1-22-11-5-4-10(6-12(11)23-2)16-18(14(20)9-25-16)8-13(19)17-7-15(21)24-3/h4-6,16H,7-9H2,1-3H3,(H,17,19). The van der Waals surface area contributed by atoms with Crippen LogP contribution in [0.25, 0.3) is 0 Å². The molecule has 0 aliphatic carbocycles. The Balaban J connectivity index is 2.11. The van der Waals surface area contributed by atoms with Gasteiger partial charge in [-0.25, -0.2) is 0 Å². The molecule has 25 heavy (non-hydrogen) atoms. The van der Waals surface area contributed by atoms with Crippen molar-refractivity contribution < 1.29 is 28.6 Å². The average molecular weight is 368 g/mol. The molecule has 0 aromatic heterocycles. The van der Waals surface area contributed by atoms with Gasteiger partial charge in [-0.2, -0.15) is 0 Å². The first kappa shape index (κ1) is 18.9. The van der Waals surface area contributed by atoms with Crippen LogP contribution in [0.3, 0.4) is 0 Å². The maximum atomic E-state index is 12.1. The summed E-state index contributed by atoms with van der Waals surface area (Å²) in [7, 11) is 4.32. The van der Waals surface area contributed by atoms with Crippen molar-refractivity contribution in [2.75, 3.05) is 40.2 Å². The summed E-state index contributed by atoms with van der Waals surface area (Å²) in [6.45, 7) is -0.368. The predicted molar refractivity (Wildman–Crippen MR) is 91.5 cm³/mol. The molecule has 0 saturated carbocycles. The molecule has 0 bridgehead atoms. The summed E-state index contributed by atoms with van der Waals surface area (Å²) in [4.78, 5) is 36.7. The highest BCUT2D eigenvalue weighted by molar-refractivity contribution is 8.00. The van der Waals surface area contributed by atoms with Gasteiger partial charge in [0.1, 0.15) is 18.5 Å². The van der Waals surface area contributed by atoms with Crippen molar-refractivity contribution in [2.24, 2.45) is 0 Å². The van der Waals surface area contributed by atoms with Gasteiger partial charge in [0.05, 0.1) is 27.1 Å². The van der Waals surface area contributed by atoms with Crippen LogP contribution in [0.4, 0.5) is 0 Å². The van der Waals surface area contributed by atoms with Gasteiger partial charge in [-0.3, -0.25) is 14.4 Å². The number of nitrogens with one attached hydrogen (secondary N) is 1. The van der Waals surface area contributed by atoms with Crippen molar-refractivity contribution in [2.45, 2.75) is 5.37 Å². The molecule has 1 N–H and O–H groups in total. The van der Waals surface area contributed by atoms with Crippen LogP contribution >= 0.6 is 11.8 Å². The number of nitrogens with zero attached hydrogens (tertiary/aromatic N) is 1. The van der Waals surface area contributed by atoms with Crippen LogP contribution in [0.1, 0.15) is 10.9 Å². The van der Waals surface area contributed by atoms with Crippen LogP contribution in [0.5, 0.6) is 11.5 Å². The molecule has 1 heterocycles. The molecule has 1 aliphatic rings. The third-order valence-electron chi connectivity index (χ3n) is 3.63. The quantitative estimate of drug-likeness (QED) is 0.703. The molecular formula is C16H20N2O6S. The number of carbonyl (C=O) groups excluding carboxylic acids is 3. The summed E-state index contributed by atoms with van der Waals surface area (Å²) < 4.78 is 15.0. The van der Waals surface area contributed by atoms with E-state index in [4.69, 9.17) is 9.47 Å². The van der Waals surface area contributed by atoms with Gasteiger partial charge >= 0.3 is 5.97 Å². The van der Waals surface area contributed by atoms with Crippen molar-refractivity contribution in [1.29, 1.82) is 0 Å². The number of amides is 2. The molecule has 8 nitrogen and oxygen atoms in total. The van der Waals surface area contributed by atoms with Gasteiger partial charge in [0.15, 0.2) is 11.5 Å². The van der Waals surface area contributed by atoms with E-state index < -0.39 is 11.9 Å². The lowest BCUT2D eigenvalue weighted by molar-refractivity contribution is -0.141. The van der Waals surface area contributed by atoms with E-state index in [-0.39, 0.29) is 30.1 Å². The van der Waals surface area contributed by atoms with E-state index in [0.29, 0.717) is 11.5 Å². The summed E-state index contributed by atoms with van der Waals surface area (Å²) in [5, 5.41) is 2.12. The normalized spacial score (nSPS) is 16.5. The third-order valence-corrected chi connectivity index (χ3v) is 4.89. The SMILES string of the molecule is COC(=O)CNC(=O)CN1C(=O)CSC1c1ccc(OC)c(OC)c1. The van der Waals surface area contributed by atoms with Crippen LogP contribution in [0, 0.1) is 0 Å². The van der Waals surface area contributed by atoms with Gasteiger partial charge in [0.2, 0.25) is 11.8 Å². The van der Waals surface area contributed by atoms with E-state index in [1.165, 1.54) is 30.9 Å². The second-order valence-electron chi connectivity index (χ2n) is 5.15. The fourth-order valence-corrected chi connectivity index (χ4v) is 3.54. The van der Waals surface area contributed by atoms with E-state index in [2.05, 4.69) is 10.1 Å². The minimum atomic E-state index is -0.549. The van der Waals surface area contributed by atoms with Gasteiger partial charge in [0, 0.05) is 0 Å². The Morgan fingerprint density at radius 1 is 1.24 bits per heavy atom. The lowest BCUT2D eigenvalue weighted by Crippen LogP contribution is -2.41. The number of esters is 1. The molecule has 1 atom stereocenters. The van der Waals surface area contributed by atoms with Gasteiger partial charge in [0.25, 0.3) is 0 Å². The van der Waals surface area contributed by atoms with E-state index >= 15 is 0 Å². The largest absolute Gasteiger partial charge is 0.493 e. The highest BCUT2D eigenvalue weighted by atomic mass is 32.2. The highest BCUT2D eigenvalue weighted by Crippen LogP contribution is 2.41. The Bertz CT molecular complexity index is 666. The molecule has 1 saturated heterocycles. The van der Waals surface area contributed by atoms with Gasteiger partial charge in [-0.05, 0) is 17.7 Å². The van der Waals surface area contributed by atoms with Crippen LogP contribution < -0.4 is 14.8 Å². The number of thioether (sulfide) groups is 1. The first-order chi connectivity index (χ1) is 12.0. The minimum absolute atomic E-state index is 0.137. The lowest BCUT2D eigenvalue weighted by Gasteiger charge is -2.24. The summed E-state index contributed by atoms with van der Waals surface area (Å²) in [6.07, 6.45) is 0. The predicted octanol–water partition coefficient (Wildman–Crippen LogP) is 0.567. The summed E-state index contributed by atoms with van der Waals surface area (Å²) >= 11 is 1.42. The van der Waals surface area contributed by atoms with Crippen molar-refractivity contribution in [3.8, 4) is 11.5 Å². The van der Waals surface area contributed by atoms with E-state index in [1.807, 2.05) is 6.07 Å². The number of ether oxygens (including phenoxy) is 3. The smallest absolute Gasteiger partial charge is 0.325 e. The molecule has 1 fully saturated rings. The average Bonchev–Trinajstić information content (AvgIpc) is 2.99. The number of hydrogen-bond acceptors (Lipinski definition) is 7. The Kier molecular flexibility index (Phi) is 6.51. The van der Waals surface area contributed by atoms with Crippen LogP contribution in [0.15, 0.2) is 18.2 Å². The molecule has 136 valence electrons. The number of hydrogen-bond donors (Lipinski definition) is 1. The van der Waals surface area contributed by atoms with E-state index in [1.54, 1.807) is 19.2 Å². The molecule has 9 heteroatoms. The van der Waals surface area contributed by atoms with Crippen molar-refractivity contribution >= 4 is 29.5 Å². The zero-order valence-corrected chi connectivity index (χ0v) is 15.1. The number of carbonyl (C=O) groups is 3. The summed E-state index contributed by atoms with van der Waals surface area (Å²) in [6, 6.07) is 5.37. The Labute approximate surface area is 149 Å². The molecule has 0 radical (unpaired) electrons. The van der Waals surface area contributed by atoms with Crippen LogP contribution in [-0.2, 0) is 19.1 Å². The number of methoxy groups -OCH3 is 3. The van der Waals surface area contributed by atoms with Crippen molar-refractivity contribution in [3.63, 3.8) is 0 Å². The molecule has 0 spiro atoms. The molecule has 2 amide bonds. The van der Waals surface area contributed by atoms with Gasteiger partial charge in [-0.15, -0.1) is 11.8 Å². The molecular weight excluding hydrogens is 348 g/mol. The number of rotatable bonds is 7. The molecule has 1 aromatic rings. The molecule has 1 unspecified atom stereocenters. The zero-order chi connectivity index (χ0) is 18.4. The second-order valence-corrected chi connectivity index (χ2v) is 6.22. The maximum absolute atomic E-state index is 12.1. The van der Waals surface area contributed by atoms with E-state index in [9.17, 15) is 14.4 Å². The Hall–Kier alpha value is -2.42. The molecule has 1 aromatic carbocycles. The molecule has 1 aliphatic heterocycles. The monoisotopic (exact) mass is 368 g/mol. The fourth-order valence-electron chi connectivity index (χ4n) is 2.36. The Morgan fingerprint density at radius 2 is 1.96 bits per heavy atom. The highest BCUT2D eigenvalue weighted by Gasteiger charge is 2.34. The van der Waals surface area contributed by atoms with Gasteiger partial charge in [-0.1, -0.05) is 6.07 Å². The maximum Gasteiger partial charge on any atom is 0.325 e. The first-order valence-electron chi connectivity index (χ1n) is 7.46. The van der Waals surface area contributed by atoms with Crippen LogP contribution in [0.2, 0.25) is 0 Å². The Morgan fingerprint density at radius 3 is 2.60 bits per heavy atom. The lowest BCUT2D eigenvalue weighted by atomic mass is 10.1. The summed E-state index contributed by atoms with van der Waals surface area (Å²) in [5.41, 5.74) is 0.828. The van der Waals surface area contributed by atoms with Crippen LogP contribution in [-0.4, -0.2) is 62.9 Å². The first-order valence-corrected chi connectivity index (χ1v) is 8.51. The van der Waals surface area contributed by atoms with Crippen molar-refractivity contribution in [3.05, 3.63) is 23.8 Å². The van der Waals surface area contributed by atoms with E-state index in [0.717, 1.165) is 5.56 Å².